The Labute approximate surface area is 135 Å². The second-order valence-corrected chi connectivity index (χ2v) is 6.14. The van der Waals surface area contributed by atoms with Crippen molar-refractivity contribution in [2.24, 2.45) is 0 Å². The lowest BCUT2D eigenvalue weighted by Gasteiger charge is -2.39. The van der Waals surface area contributed by atoms with Crippen LogP contribution in [0.25, 0.3) is 0 Å². The van der Waals surface area contributed by atoms with E-state index in [1.54, 1.807) is 17.0 Å². The number of benzene rings is 1. The average Bonchev–Trinajstić information content (AvgIpc) is 3.02. The topological polar surface area (TPSA) is 53.0 Å². The number of para-hydroxylation sites is 1. The van der Waals surface area contributed by atoms with Crippen LogP contribution in [-0.4, -0.2) is 65.7 Å². The second-order valence-electron chi connectivity index (χ2n) is 6.14. The Morgan fingerprint density at radius 1 is 1.39 bits per heavy atom. The number of piperazine rings is 1. The molecule has 2 unspecified atom stereocenters. The highest BCUT2D eigenvalue weighted by Gasteiger charge is 2.35. The van der Waals surface area contributed by atoms with Gasteiger partial charge in [0.25, 0.3) is 5.91 Å². The van der Waals surface area contributed by atoms with Gasteiger partial charge in [0, 0.05) is 44.2 Å². The highest BCUT2D eigenvalue weighted by Crippen LogP contribution is 2.32. The van der Waals surface area contributed by atoms with Gasteiger partial charge in [-0.15, -0.1) is 0 Å². The Hall–Kier alpha value is -1.66. The lowest BCUT2D eigenvalue weighted by Crippen LogP contribution is -2.55. The number of ether oxygens (including phenoxy) is 1. The van der Waals surface area contributed by atoms with E-state index in [4.69, 9.17) is 4.74 Å². The number of halogens is 1. The summed E-state index contributed by atoms with van der Waals surface area (Å²) in [5, 5.41) is 9.37. The summed E-state index contributed by atoms with van der Waals surface area (Å²) in [7, 11) is 0. The SMILES string of the molecule is CCC(CO)N1CCN(C(=O)C2Cc3cccc(F)c3O2)CC1. The van der Waals surface area contributed by atoms with Crippen molar-refractivity contribution in [2.45, 2.75) is 31.9 Å². The molecule has 0 radical (unpaired) electrons. The molecule has 0 spiro atoms. The van der Waals surface area contributed by atoms with Crippen molar-refractivity contribution in [3.05, 3.63) is 29.6 Å². The maximum Gasteiger partial charge on any atom is 0.264 e. The first-order valence-electron chi connectivity index (χ1n) is 8.21. The van der Waals surface area contributed by atoms with E-state index >= 15 is 0 Å². The number of carbonyl (C=O) groups is 1. The molecule has 0 aromatic heterocycles. The van der Waals surface area contributed by atoms with Crippen molar-refractivity contribution in [1.82, 2.24) is 9.80 Å². The number of hydrogen-bond donors (Lipinski definition) is 1. The first kappa shape index (κ1) is 16.2. The number of hydrogen-bond acceptors (Lipinski definition) is 4. The Balaban J connectivity index is 1.58. The number of aliphatic hydroxyl groups excluding tert-OH is 1. The number of carbonyl (C=O) groups excluding carboxylic acids is 1. The van der Waals surface area contributed by atoms with Gasteiger partial charge in [-0.3, -0.25) is 9.69 Å². The Morgan fingerprint density at radius 2 is 2.13 bits per heavy atom. The van der Waals surface area contributed by atoms with Crippen molar-refractivity contribution in [3.63, 3.8) is 0 Å². The molecule has 0 bridgehead atoms. The number of aliphatic hydroxyl groups is 1. The first-order chi connectivity index (χ1) is 11.1. The van der Waals surface area contributed by atoms with Crippen LogP contribution >= 0.6 is 0 Å². The maximum atomic E-state index is 13.7. The zero-order valence-electron chi connectivity index (χ0n) is 13.4. The minimum atomic E-state index is -0.617. The molecule has 1 fully saturated rings. The van der Waals surface area contributed by atoms with Crippen LogP contribution in [0.15, 0.2) is 18.2 Å². The van der Waals surface area contributed by atoms with E-state index in [2.05, 4.69) is 11.8 Å². The van der Waals surface area contributed by atoms with E-state index < -0.39 is 11.9 Å². The largest absolute Gasteiger partial charge is 0.477 e. The standard InChI is InChI=1S/C17H23FN2O3/c1-2-13(11-21)19-6-8-20(9-7-19)17(22)15-10-12-4-3-5-14(18)16(12)23-15/h3-5,13,15,21H,2,6-11H2,1H3. The van der Waals surface area contributed by atoms with Crippen LogP contribution in [0.5, 0.6) is 5.75 Å². The predicted octanol–water partition coefficient (Wildman–Crippen LogP) is 1.04. The number of rotatable bonds is 4. The molecule has 6 heteroatoms. The molecule has 1 N–H and O–H groups in total. The molecule has 2 heterocycles. The van der Waals surface area contributed by atoms with Gasteiger partial charge >= 0.3 is 0 Å². The quantitative estimate of drug-likeness (QED) is 0.900. The molecule has 1 aromatic rings. The molecule has 3 rings (SSSR count). The Bertz CT molecular complexity index is 569. The molecule has 23 heavy (non-hydrogen) atoms. The molecule has 5 nitrogen and oxygen atoms in total. The van der Waals surface area contributed by atoms with Gasteiger partial charge in [-0.1, -0.05) is 19.1 Å². The van der Waals surface area contributed by atoms with Gasteiger partial charge < -0.3 is 14.7 Å². The van der Waals surface area contributed by atoms with E-state index in [9.17, 15) is 14.3 Å². The number of fused-ring (bicyclic) bond motifs is 1. The summed E-state index contributed by atoms with van der Waals surface area (Å²) in [6.45, 7) is 4.93. The zero-order chi connectivity index (χ0) is 16.4. The summed E-state index contributed by atoms with van der Waals surface area (Å²) in [5.74, 6) is -0.260. The highest BCUT2D eigenvalue weighted by molar-refractivity contribution is 5.82. The van der Waals surface area contributed by atoms with Crippen LogP contribution < -0.4 is 4.74 Å². The third-order valence-electron chi connectivity index (χ3n) is 4.81. The second kappa shape index (κ2) is 6.84. The van der Waals surface area contributed by atoms with Crippen molar-refractivity contribution in [2.75, 3.05) is 32.8 Å². The minimum absolute atomic E-state index is 0.0719. The normalized spacial score (nSPS) is 22.6. The van der Waals surface area contributed by atoms with Crippen LogP contribution in [-0.2, 0) is 11.2 Å². The first-order valence-corrected chi connectivity index (χ1v) is 8.21. The predicted molar refractivity (Wildman–Crippen MR) is 83.8 cm³/mol. The van der Waals surface area contributed by atoms with E-state index in [1.165, 1.54) is 6.07 Å². The molecular weight excluding hydrogens is 299 g/mol. The van der Waals surface area contributed by atoms with Gasteiger partial charge in [0.15, 0.2) is 17.7 Å². The fourth-order valence-corrected chi connectivity index (χ4v) is 3.38. The molecule has 1 saturated heterocycles. The number of amides is 1. The Kier molecular flexibility index (Phi) is 4.82. The molecule has 2 aliphatic heterocycles. The van der Waals surface area contributed by atoms with Crippen molar-refractivity contribution >= 4 is 5.91 Å². The molecule has 1 amide bonds. The van der Waals surface area contributed by atoms with Crippen molar-refractivity contribution in [1.29, 1.82) is 0 Å². The summed E-state index contributed by atoms with van der Waals surface area (Å²) >= 11 is 0. The summed E-state index contributed by atoms with van der Waals surface area (Å²) in [6, 6.07) is 4.96. The summed E-state index contributed by atoms with van der Waals surface area (Å²) in [5.41, 5.74) is 0.758. The molecule has 0 saturated carbocycles. The smallest absolute Gasteiger partial charge is 0.264 e. The molecule has 1 aromatic carbocycles. The fourth-order valence-electron chi connectivity index (χ4n) is 3.38. The lowest BCUT2D eigenvalue weighted by atomic mass is 10.1. The van der Waals surface area contributed by atoms with Crippen molar-refractivity contribution in [3.8, 4) is 5.75 Å². The van der Waals surface area contributed by atoms with E-state index in [1.807, 2.05) is 0 Å². The van der Waals surface area contributed by atoms with Gasteiger partial charge in [0.05, 0.1) is 6.61 Å². The number of nitrogens with zero attached hydrogens (tertiary/aromatic N) is 2. The van der Waals surface area contributed by atoms with E-state index in [0.717, 1.165) is 25.1 Å². The van der Waals surface area contributed by atoms with Crippen LogP contribution in [0, 0.1) is 5.82 Å². The minimum Gasteiger partial charge on any atom is -0.477 e. The molecule has 2 atom stereocenters. The van der Waals surface area contributed by atoms with Crippen LogP contribution in [0.4, 0.5) is 4.39 Å². The lowest BCUT2D eigenvalue weighted by molar-refractivity contribution is -0.140. The van der Waals surface area contributed by atoms with Gasteiger partial charge in [-0.05, 0) is 12.5 Å². The zero-order valence-corrected chi connectivity index (χ0v) is 13.4. The van der Waals surface area contributed by atoms with Gasteiger partial charge in [0.2, 0.25) is 0 Å². The highest BCUT2D eigenvalue weighted by atomic mass is 19.1. The fraction of sp³-hybridized carbons (Fsp3) is 0.588. The summed E-state index contributed by atoms with van der Waals surface area (Å²) in [6.07, 6.45) is 0.707. The van der Waals surface area contributed by atoms with Crippen LogP contribution in [0.3, 0.4) is 0 Å². The van der Waals surface area contributed by atoms with Gasteiger partial charge in [0.1, 0.15) is 0 Å². The van der Waals surface area contributed by atoms with Crippen LogP contribution in [0.2, 0.25) is 0 Å². The third kappa shape index (κ3) is 3.19. The van der Waals surface area contributed by atoms with Gasteiger partial charge in [-0.25, -0.2) is 4.39 Å². The monoisotopic (exact) mass is 322 g/mol. The molecule has 126 valence electrons. The molecule has 0 aliphatic carbocycles. The summed E-state index contributed by atoms with van der Waals surface area (Å²) < 4.78 is 19.3. The van der Waals surface area contributed by atoms with Gasteiger partial charge in [-0.2, -0.15) is 0 Å². The summed E-state index contributed by atoms with van der Waals surface area (Å²) in [4.78, 5) is 16.6. The average molecular weight is 322 g/mol. The molecular formula is C17H23FN2O3. The van der Waals surface area contributed by atoms with E-state index in [-0.39, 0.29) is 24.3 Å². The van der Waals surface area contributed by atoms with Crippen LogP contribution in [0.1, 0.15) is 18.9 Å². The van der Waals surface area contributed by atoms with E-state index in [0.29, 0.717) is 19.5 Å². The third-order valence-corrected chi connectivity index (χ3v) is 4.81. The Morgan fingerprint density at radius 3 is 2.74 bits per heavy atom. The molecule has 2 aliphatic rings. The maximum absolute atomic E-state index is 13.7. The van der Waals surface area contributed by atoms with Crippen molar-refractivity contribution < 1.29 is 19.0 Å².